The van der Waals surface area contributed by atoms with Crippen LogP contribution >= 0.6 is 11.8 Å². The van der Waals surface area contributed by atoms with Gasteiger partial charge in [-0.2, -0.15) is 0 Å². The fourth-order valence-electron chi connectivity index (χ4n) is 1.21. The number of primary amides is 1. The molecule has 7 nitrogen and oxygen atoms in total. The van der Waals surface area contributed by atoms with Crippen molar-refractivity contribution in [3.63, 3.8) is 0 Å². The maximum Gasteiger partial charge on any atom is 0.283 e. The van der Waals surface area contributed by atoms with Crippen LogP contribution in [-0.2, 0) is 0 Å². The molecule has 0 saturated heterocycles. The number of nitro benzene ring substituents is 1. The van der Waals surface area contributed by atoms with Crippen molar-refractivity contribution < 1.29 is 14.8 Å². The minimum Gasteiger partial charge on any atom is -0.511 e. The summed E-state index contributed by atoms with van der Waals surface area (Å²) in [4.78, 5) is 21.6. The SMILES string of the molecule is C=C(O)C(N)CSc1ccc(C(N)=O)cc1[N+](=O)[O-]. The average molecular weight is 283 g/mol. The molecule has 102 valence electrons. The van der Waals surface area contributed by atoms with Gasteiger partial charge in [-0.3, -0.25) is 14.9 Å². The van der Waals surface area contributed by atoms with Gasteiger partial charge in [-0.1, -0.05) is 6.58 Å². The Morgan fingerprint density at radius 2 is 2.21 bits per heavy atom. The highest BCUT2D eigenvalue weighted by Crippen LogP contribution is 2.30. The van der Waals surface area contributed by atoms with Crippen molar-refractivity contribution in [3.8, 4) is 0 Å². The first-order chi connectivity index (χ1) is 8.82. The standard InChI is InChI=1S/C11H13N3O4S/c1-6(15)8(12)5-19-10-3-2-7(11(13)16)4-9(10)14(17)18/h2-4,8,15H,1,5,12H2,(H2,13,16). The Morgan fingerprint density at radius 3 is 2.68 bits per heavy atom. The summed E-state index contributed by atoms with van der Waals surface area (Å²) >= 11 is 1.09. The number of carbonyl (C=O) groups is 1. The lowest BCUT2D eigenvalue weighted by Gasteiger charge is -2.09. The zero-order valence-corrected chi connectivity index (χ0v) is 10.7. The number of amides is 1. The number of hydrogen-bond donors (Lipinski definition) is 3. The van der Waals surface area contributed by atoms with Crippen molar-refractivity contribution in [1.29, 1.82) is 0 Å². The highest BCUT2D eigenvalue weighted by molar-refractivity contribution is 7.99. The molecule has 0 aliphatic heterocycles. The number of nitrogens with zero attached hydrogens (tertiary/aromatic N) is 1. The summed E-state index contributed by atoms with van der Waals surface area (Å²) in [5, 5.41) is 20.0. The van der Waals surface area contributed by atoms with Crippen molar-refractivity contribution in [2.24, 2.45) is 11.5 Å². The predicted octanol–water partition coefficient (Wildman–Crippen LogP) is 1.18. The molecule has 0 saturated carbocycles. The molecule has 0 bridgehead atoms. The Balaban J connectivity index is 2.97. The smallest absolute Gasteiger partial charge is 0.283 e. The van der Waals surface area contributed by atoms with E-state index in [0.29, 0.717) is 4.90 Å². The summed E-state index contributed by atoms with van der Waals surface area (Å²) in [6, 6.07) is 3.26. The largest absolute Gasteiger partial charge is 0.511 e. The first-order valence-corrected chi connectivity index (χ1v) is 6.16. The quantitative estimate of drug-likeness (QED) is 0.311. The normalized spacial score (nSPS) is 11.8. The summed E-state index contributed by atoms with van der Waals surface area (Å²) in [5.41, 5.74) is 10.5. The van der Waals surface area contributed by atoms with Gasteiger partial charge in [0.05, 0.1) is 15.9 Å². The van der Waals surface area contributed by atoms with E-state index in [1.165, 1.54) is 12.1 Å². The molecule has 8 heteroatoms. The minimum absolute atomic E-state index is 0.0620. The van der Waals surface area contributed by atoms with E-state index in [9.17, 15) is 14.9 Å². The monoisotopic (exact) mass is 283 g/mol. The van der Waals surface area contributed by atoms with Gasteiger partial charge in [0.2, 0.25) is 5.91 Å². The first kappa shape index (κ1) is 15.0. The second-order valence-corrected chi connectivity index (χ2v) is 4.77. The molecule has 1 unspecified atom stereocenters. The minimum atomic E-state index is -0.736. The van der Waals surface area contributed by atoms with Crippen molar-refractivity contribution in [2.45, 2.75) is 10.9 Å². The van der Waals surface area contributed by atoms with E-state index >= 15 is 0 Å². The Labute approximate surface area is 113 Å². The van der Waals surface area contributed by atoms with Gasteiger partial charge in [0.1, 0.15) is 5.76 Å². The maximum atomic E-state index is 11.0. The third kappa shape index (κ3) is 3.97. The highest BCUT2D eigenvalue weighted by Gasteiger charge is 2.18. The molecule has 1 aromatic rings. The Kier molecular flexibility index (Phi) is 4.90. The molecule has 1 aromatic carbocycles. The van der Waals surface area contributed by atoms with E-state index in [1.54, 1.807) is 0 Å². The van der Waals surface area contributed by atoms with Gasteiger partial charge in [0.15, 0.2) is 0 Å². The van der Waals surface area contributed by atoms with Crippen LogP contribution in [0.15, 0.2) is 35.4 Å². The lowest BCUT2D eigenvalue weighted by molar-refractivity contribution is -0.387. The van der Waals surface area contributed by atoms with E-state index in [0.717, 1.165) is 17.8 Å². The Morgan fingerprint density at radius 1 is 1.58 bits per heavy atom. The molecule has 1 atom stereocenters. The first-order valence-electron chi connectivity index (χ1n) is 5.17. The van der Waals surface area contributed by atoms with Crippen molar-refractivity contribution in [2.75, 3.05) is 5.75 Å². The van der Waals surface area contributed by atoms with Gasteiger partial charge < -0.3 is 16.6 Å². The van der Waals surface area contributed by atoms with Gasteiger partial charge in [0, 0.05) is 17.4 Å². The topological polar surface area (TPSA) is 132 Å². The van der Waals surface area contributed by atoms with Crippen LogP contribution in [-0.4, -0.2) is 27.7 Å². The summed E-state index contributed by atoms with van der Waals surface area (Å²) in [6.07, 6.45) is 0. The molecular formula is C11H13N3O4S. The average Bonchev–Trinajstić information content (AvgIpc) is 2.35. The fraction of sp³-hybridized carbons (Fsp3) is 0.182. The number of aliphatic hydroxyl groups excluding tert-OH is 1. The van der Waals surface area contributed by atoms with Crippen LogP contribution < -0.4 is 11.5 Å². The molecular weight excluding hydrogens is 270 g/mol. The van der Waals surface area contributed by atoms with E-state index in [4.69, 9.17) is 16.6 Å². The molecule has 0 radical (unpaired) electrons. The van der Waals surface area contributed by atoms with Crippen LogP contribution in [0.2, 0.25) is 0 Å². The van der Waals surface area contributed by atoms with Crippen LogP contribution in [0.4, 0.5) is 5.69 Å². The molecule has 0 aromatic heterocycles. The lowest BCUT2D eigenvalue weighted by atomic mass is 10.2. The maximum absolute atomic E-state index is 11.0. The molecule has 0 aliphatic carbocycles. The number of rotatable bonds is 6. The molecule has 1 rings (SSSR count). The van der Waals surface area contributed by atoms with E-state index in [2.05, 4.69) is 6.58 Å². The Bertz CT molecular complexity index is 533. The molecule has 0 fully saturated rings. The number of benzene rings is 1. The van der Waals surface area contributed by atoms with Gasteiger partial charge in [-0.05, 0) is 12.1 Å². The summed E-state index contributed by atoms with van der Waals surface area (Å²) in [6.45, 7) is 3.28. The molecule has 0 spiro atoms. The number of carbonyl (C=O) groups excluding carboxylic acids is 1. The third-order valence-electron chi connectivity index (χ3n) is 2.29. The van der Waals surface area contributed by atoms with Crippen LogP contribution in [0.3, 0.4) is 0 Å². The molecule has 5 N–H and O–H groups in total. The lowest BCUT2D eigenvalue weighted by Crippen LogP contribution is -2.24. The third-order valence-corrected chi connectivity index (χ3v) is 3.47. The van der Waals surface area contributed by atoms with Crippen molar-refractivity contribution in [1.82, 2.24) is 0 Å². The van der Waals surface area contributed by atoms with Gasteiger partial charge in [-0.15, -0.1) is 11.8 Å². The van der Waals surface area contributed by atoms with Gasteiger partial charge >= 0.3 is 0 Å². The number of aliphatic hydroxyl groups is 1. The zero-order chi connectivity index (χ0) is 14.6. The zero-order valence-electron chi connectivity index (χ0n) is 9.91. The van der Waals surface area contributed by atoms with Crippen LogP contribution in [0.5, 0.6) is 0 Å². The van der Waals surface area contributed by atoms with Crippen molar-refractivity contribution >= 4 is 23.4 Å². The van der Waals surface area contributed by atoms with Gasteiger partial charge in [0.25, 0.3) is 5.69 Å². The van der Waals surface area contributed by atoms with Crippen LogP contribution in [0, 0.1) is 10.1 Å². The molecule has 0 aliphatic rings. The van der Waals surface area contributed by atoms with Crippen LogP contribution in [0.1, 0.15) is 10.4 Å². The second kappa shape index (κ2) is 6.21. The van der Waals surface area contributed by atoms with E-state index < -0.39 is 16.9 Å². The number of nitro groups is 1. The highest BCUT2D eigenvalue weighted by atomic mass is 32.2. The van der Waals surface area contributed by atoms with Crippen LogP contribution in [0.25, 0.3) is 0 Å². The molecule has 0 heterocycles. The summed E-state index contributed by atoms with van der Waals surface area (Å²) in [5.74, 6) is -0.699. The number of thioether (sulfide) groups is 1. The summed E-state index contributed by atoms with van der Waals surface area (Å²) in [7, 11) is 0. The second-order valence-electron chi connectivity index (χ2n) is 3.71. The van der Waals surface area contributed by atoms with E-state index in [-0.39, 0.29) is 22.8 Å². The fourth-order valence-corrected chi connectivity index (χ4v) is 2.21. The predicted molar refractivity (Wildman–Crippen MR) is 72.1 cm³/mol. The number of hydrogen-bond acceptors (Lipinski definition) is 6. The Hall–Kier alpha value is -2.06. The van der Waals surface area contributed by atoms with Crippen molar-refractivity contribution in [3.05, 3.63) is 46.2 Å². The molecule has 19 heavy (non-hydrogen) atoms. The van der Waals surface area contributed by atoms with E-state index in [1.807, 2.05) is 0 Å². The number of nitrogens with two attached hydrogens (primary N) is 2. The molecule has 1 amide bonds. The van der Waals surface area contributed by atoms with Gasteiger partial charge in [-0.25, -0.2) is 0 Å². The summed E-state index contributed by atoms with van der Waals surface area (Å²) < 4.78 is 0.